The van der Waals surface area contributed by atoms with Crippen molar-refractivity contribution < 1.29 is 0 Å². The van der Waals surface area contributed by atoms with Crippen LogP contribution in [-0.4, -0.2) is 0 Å². The summed E-state index contributed by atoms with van der Waals surface area (Å²) >= 11 is 0. The molecule has 0 aliphatic heterocycles. The number of nitriles is 1. The van der Waals surface area contributed by atoms with Gasteiger partial charge in [-0.3, -0.25) is 0 Å². The fourth-order valence-electron chi connectivity index (χ4n) is 0.891. The third-order valence-electron chi connectivity index (χ3n) is 1.59. The topological polar surface area (TPSA) is 23.8 Å². The van der Waals surface area contributed by atoms with Crippen LogP contribution in [0.5, 0.6) is 0 Å². The fraction of sp³-hybridized carbons (Fsp3) is 0.714. The summed E-state index contributed by atoms with van der Waals surface area (Å²) in [5.41, 5.74) is 0. The highest BCUT2D eigenvalue weighted by atomic mass is 14.4. The molecule has 0 aromatic carbocycles. The average molecular weight is 108 g/mol. The van der Waals surface area contributed by atoms with Crippen LogP contribution in [0.25, 0.3) is 0 Å². The van der Waals surface area contributed by atoms with Crippen molar-refractivity contribution in [1.82, 2.24) is 0 Å². The molecule has 0 aromatic rings. The van der Waals surface area contributed by atoms with Crippen LogP contribution < -0.4 is 0 Å². The van der Waals surface area contributed by atoms with Crippen LogP contribution in [0.3, 0.4) is 0 Å². The third-order valence-corrected chi connectivity index (χ3v) is 1.59. The van der Waals surface area contributed by atoms with Gasteiger partial charge in [-0.25, -0.2) is 0 Å². The molecule has 1 nitrogen and oxygen atoms in total. The average Bonchev–Trinajstić information content (AvgIpc) is 2.53. The van der Waals surface area contributed by atoms with Crippen LogP contribution in [0.4, 0.5) is 0 Å². The summed E-state index contributed by atoms with van der Waals surface area (Å²) in [6, 6.07) is 2.23. The number of hydrogen-bond donors (Lipinski definition) is 0. The maximum Gasteiger partial charge on any atom is 0.0787 e. The highest BCUT2D eigenvalue weighted by Crippen LogP contribution is 2.39. The maximum atomic E-state index is 8.45. The van der Waals surface area contributed by atoms with Gasteiger partial charge in [-0.2, -0.15) is 5.26 Å². The van der Waals surface area contributed by atoms with Gasteiger partial charge >= 0.3 is 0 Å². The minimum Gasteiger partial charge on any atom is -0.198 e. The third kappa shape index (κ3) is 1.01. The van der Waals surface area contributed by atoms with E-state index in [-0.39, 0.29) is 0 Å². The Morgan fingerprint density at radius 2 is 2.38 bits per heavy atom. The lowest BCUT2D eigenvalue weighted by Crippen LogP contribution is -1.92. The summed E-state index contributed by atoms with van der Waals surface area (Å²) in [6.07, 6.45) is 3.48. The van der Waals surface area contributed by atoms with Gasteiger partial charge in [-0.05, 0) is 25.2 Å². The lowest BCUT2D eigenvalue weighted by molar-refractivity contribution is 0.816. The monoisotopic (exact) mass is 108 g/mol. The van der Waals surface area contributed by atoms with Crippen LogP contribution in [-0.2, 0) is 0 Å². The first-order valence-corrected chi connectivity index (χ1v) is 3.14. The molecule has 1 heteroatoms. The van der Waals surface area contributed by atoms with Crippen molar-refractivity contribution in [3.05, 3.63) is 5.92 Å². The van der Waals surface area contributed by atoms with Crippen molar-refractivity contribution >= 4 is 0 Å². The second-order valence-corrected chi connectivity index (χ2v) is 2.26. The molecular formula is C7H10N. The molecule has 0 amide bonds. The zero-order chi connectivity index (χ0) is 5.98. The van der Waals surface area contributed by atoms with Crippen LogP contribution in [0, 0.1) is 23.2 Å². The molecule has 1 fully saturated rings. The van der Waals surface area contributed by atoms with E-state index in [4.69, 9.17) is 5.26 Å². The second kappa shape index (κ2) is 2.17. The Morgan fingerprint density at radius 3 is 2.50 bits per heavy atom. The van der Waals surface area contributed by atoms with Gasteiger partial charge in [0.05, 0.1) is 12.0 Å². The molecule has 0 bridgehead atoms. The van der Waals surface area contributed by atoms with E-state index in [2.05, 4.69) is 13.0 Å². The molecule has 0 aromatic heterocycles. The SMILES string of the molecule is CC[C](C#N)C1CC1. The summed E-state index contributed by atoms with van der Waals surface area (Å²) in [5.74, 6) is 1.79. The van der Waals surface area contributed by atoms with Gasteiger partial charge in [-0.1, -0.05) is 6.92 Å². The number of rotatable bonds is 2. The maximum absolute atomic E-state index is 8.45. The summed E-state index contributed by atoms with van der Waals surface area (Å²) in [4.78, 5) is 0. The zero-order valence-corrected chi connectivity index (χ0v) is 5.15. The van der Waals surface area contributed by atoms with Crippen molar-refractivity contribution in [2.45, 2.75) is 26.2 Å². The Hall–Kier alpha value is -0.510. The van der Waals surface area contributed by atoms with E-state index in [0.717, 1.165) is 12.3 Å². The normalized spacial score (nSPS) is 18.6. The standard InChI is InChI=1S/C7H10N/c1-2-6(5-8)7-3-4-7/h7H,2-4H2,1H3. The summed E-state index contributed by atoms with van der Waals surface area (Å²) in [6.45, 7) is 2.05. The highest BCUT2D eigenvalue weighted by Gasteiger charge is 2.30. The molecule has 0 spiro atoms. The first-order chi connectivity index (χ1) is 3.88. The first-order valence-electron chi connectivity index (χ1n) is 3.14. The van der Waals surface area contributed by atoms with Crippen molar-refractivity contribution in [3.8, 4) is 6.07 Å². The largest absolute Gasteiger partial charge is 0.198 e. The molecule has 0 saturated heterocycles. The van der Waals surface area contributed by atoms with Gasteiger partial charge in [0.15, 0.2) is 0 Å². The number of nitrogens with zero attached hydrogens (tertiary/aromatic N) is 1. The molecule has 0 N–H and O–H groups in total. The summed E-state index contributed by atoms with van der Waals surface area (Å²) < 4.78 is 0. The second-order valence-electron chi connectivity index (χ2n) is 2.26. The summed E-state index contributed by atoms with van der Waals surface area (Å²) in [7, 11) is 0. The zero-order valence-electron chi connectivity index (χ0n) is 5.15. The van der Waals surface area contributed by atoms with Crippen molar-refractivity contribution in [2.75, 3.05) is 0 Å². The highest BCUT2D eigenvalue weighted by molar-refractivity contribution is 5.17. The molecule has 1 aliphatic carbocycles. The quantitative estimate of drug-likeness (QED) is 0.530. The minimum atomic E-state index is 0.685. The Labute approximate surface area is 50.3 Å². The summed E-state index contributed by atoms with van der Waals surface area (Å²) in [5, 5.41) is 8.45. The lowest BCUT2D eigenvalue weighted by atomic mass is 10.0. The van der Waals surface area contributed by atoms with Crippen LogP contribution >= 0.6 is 0 Å². The van der Waals surface area contributed by atoms with Crippen molar-refractivity contribution in [1.29, 1.82) is 5.26 Å². The molecule has 1 aliphatic rings. The van der Waals surface area contributed by atoms with E-state index < -0.39 is 0 Å². The molecular weight excluding hydrogens is 98.1 g/mol. The van der Waals surface area contributed by atoms with Gasteiger partial charge in [0.2, 0.25) is 0 Å². The molecule has 43 valence electrons. The van der Waals surface area contributed by atoms with E-state index in [1.165, 1.54) is 12.8 Å². The fourth-order valence-corrected chi connectivity index (χ4v) is 0.891. The number of hydrogen-bond acceptors (Lipinski definition) is 1. The molecule has 1 rings (SSSR count). The van der Waals surface area contributed by atoms with E-state index in [9.17, 15) is 0 Å². The molecule has 1 radical (unpaired) electrons. The van der Waals surface area contributed by atoms with E-state index >= 15 is 0 Å². The molecule has 0 unspecified atom stereocenters. The van der Waals surface area contributed by atoms with Crippen molar-refractivity contribution in [2.24, 2.45) is 5.92 Å². The molecule has 0 heterocycles. The molecule has 8 heavy (non-hydrogen) atoms. The molecule has 1 saturated carbocycles. The van der Waals surface area contributed by atoms with Crippen LogP contribution in [0.1, 0.15) is 26.2 Å². The van der Waals surface area contributed by atoms with Gasteiger partial charge < -0.3 is 0 Å². The van der Waals surface area contributed by atoms with Crippen LogP contribution in [0.15, 0.2) is 0 Å². The Bertz CT molecular complexity index is 108. The Balaban J connectivity index is 2.29. The van der Waals surface area contributed by atoms with E-state index in [1.807, 2.05) is 0 Å². The van der Waals surface area contributed by atoms with Gasteiger partial charge in [0.25, 0.3) is 0 Å². The van der Waals surface area contributed by atoms with Gasteiger partial charge in [0, 0.05) is 0 Å². The lowest BCUT2D eigenvalue weighted by Gasteiger charge is -1.97. The first kappa shape index (κ1) is 5.62. The van der Waals surface area contributed by atoms with Gasteiger partial charge in [0.1, 0.15) is 0 Å². The minimum absolute atomic E-state index is 0.685. The Morgan fingerprint density at radius 1 is 1.75 bits per heavy atom. The van der Waals surface area contributed by atoms with Gasteiger partial charge in [-0.15, -0.1) is 0 Å². The predicted octanol–water partition coefficient (Wildman–Crippen LogP) is 1.90. The van der Waals surface area contributed by atoms with E-state index in [0.29, 0.717) is 5.92 Å². The smallest absolute Gasteiger partial charge is 0.0787 e. The molecule has 0 atom stereocenters. The Kier molecular flexibility index (Phi) is 1.53. The van der Waals surface area contributed by atoms with E-state index in [1.54, 1.807) is 0 Å². The predicted molar refractivity (Wildman–Crippen MR) is 31.9 cm³/mol. The van der Waals surface area contributed by atoms with Crippen molar-refractivity contribution in [3.63, 3.8) is 0 Å². The van der Waals surface area contributed by atoms with Crippen LogP contribution in [0.2, 0.25) is 0 Å².